The molecule has 1 aromatic carbocycles. The predicted molar refractivity (Wildman–Crippen MR) is 80.9 cm³/mol. The van der Waals surface area contributed by atoms with Crippen LogP contribution in [0.4, 0.5) is 19.3 Å². The van der Waals surface area contributed by atoms with Crippen LogP contribution in [0.2, 0.25) is 0 Å². The number of ether oxygens (including phenoxy) is 1. The fourth-order valence-corrected chi connectivity index (χ4v) is 2.29. The number of likely N-dealkylation sites (tertiary alicyclic amines) is 1. The zero-order chi connectivity index (χ0) is 17.2. The van der Waals surface area contributed by atoms with Crippen molar-refractivity contribution in [2.24, 2.45) is 5.92 Å². The summed E-state index contributed by atoms with van der Waals surface area (Å²) in [5, 5.41) is 2.37. The molecule has 1 aliphatic rings. The number of amides is 2. The van der Waals surface area contributed by atoms with Crippen LogP contribution in [0.25, 0.3) is 0 Å². The molecule has 0 radical (unpaired) electrons. The van der Waals surface area contributed by atoms with Gasteiger partial charge in [-0.1, -0.05) is 0 Å². The Morgan fingerprint density at radius 3 is 2.65 bits per heavy atom. The molecule has 1 unspecified atom stereocenters. The van der Waals surface area contributed by atoms with Crippen molar-refractivity contribution in [3.05, 3.63) is 29.8 Å². The molecule has 1 aromatic rings. The first kappa shape index (κ1) is 17.2. The Balaban J connectivity index is 1.95. The predicted octanol–water partition coefficient (Wildman–Crippen LogP) is 3.16. The lowest BCUT2D eigenvalue weighted by Crippen LogP contribution is -2.36. The largest absolute Gasteiger partial charge is 0.444 e. The molecule has 7 heteroatoms. The fourth-order valence-electron chi connectivity index (χ4n) is 2.29. The number of hydrogen-bond acceptors (Lipinski definition) is 3. The highest BCUT2D eigenvalue weighted by Gasteiger charge is 2.33. The Morgan fingerprint density at radius 2 is 2.00 bits per heavy atom. The van der Waals surface area contributed by atoms with E-state index >= 15 is 0 Å². The minimum Gasteiger partial charge on any atom is -0.444 e. The van der Waals surface area contributed by atoms with Crippen LogP contribution in [0.3, 0.4) is 0 Å². The van der Waals surface area contributed by atoms with Gasteiger partial charge in [0.15, 0.2) is 0 Å². The van der Waals surface area contributed by atoms with Crippen LogP contribution >= 0.6 is 0 Å². The van der Waals surface area contributed by atoms with Gasteiger partial charge in [-0.3, -0.25) is 4.79 Å². The Hall–Kier alpha value is -2.18. The van der Waals surface area contributed by atoms with E-state index in [1.165, 1.54) is 4.90 Å². The fraction of sp³-hybridized carbons (Fsp3) is 0.500. The SMILES string of the molecule is CC(C)(C)OC(=O)N1CCC(C(=O)Nc2cc(F)ccc2F)C1. The molecule has 5 nitrogen and oxygen atoms in total. The summed E-state index contributed by atoms with van der Waals surface area (Å²) in [5.74, 6) is -2.27. The topological polar surface area (TPSA) is 58.6 Å². The van der Waals surface area contributed by atoms with Crippen molar-refractivity contribution < 1.29 is 23.1 Å². The average Bonchev–Trinajstić information content (AvgIpc) is 2.91. The highest BCUT2D eigenvalue weighted by atomic mass is 19.1. The second kappa shape index (κ2) is 6.52. The lowest BCUT2D eigenvalue weighted by molar-refractivity contribution is -0.119. The van der Waals surface area contributed by atoms with Crippen molar-refractivity contribution in [1.29, 1.82) is 0 Å². The smallest absolute Gasteiger partial charge is 0.410 e. The van der Waals surface area contributed by atoms with Crippen molar-refractivity contribution >= 4 is 17.7 Å². The van der Waals surface area contributed by atoms with Crippen molar-refractivity contribution in [3.63, 3.8) is 0 Å². The molecular weight excluding hydrogens is 306 g/mol. The summed E-state index contributed by atoms with van der Waals surface area (Å²) < 4.78 is 31.9. The maximum atomic E-state index is 13.5. The van der Waals surface area contributed by atoms with E-state index < -0.39 is 35.2 Å². The standard InChI is InChI=1S/C16H20F2N2O3/c1-16(2,3)23-15(22)20-7-6-10(9-20)14(21)19-13-8-11(17)4-5-12(13)18/h4-5,8,10H,6-7,9H2,1-3H3,(H,19,21). The van der Waals surface area contributed by atoms with Crippen molar-refractivity contribution in [3.8, 4) is 0 Å². The van der Waals surface area contributed by atoms with Crippen LogP contribution in [-0.4, -0.2) is 35.6 Å². The number of nitrogens with zero attached hydrogens (tertiary/aromatic N) is 1. The van der Waals surface area contributed by atoms with Crippen LogP contribution in [0.5, 0.6) is 0 Å². The van der Waals surface area contributed by atoms with Gasteiger partial charge in [0.25, 0.3) is 0 Å². The summed E-state index contributed by atoms with van der Waals surface area (Å²) in [7, 11) is 0. The van der Waals surface area contributed by atoms with E-state index in [2.05, 4.69) is 5.32 Å². The molecule has 1 N–H and O–H groups in total. The molecule has 2 rings (SSSR count). The van der Waals surface area contributed by atoms with E-state index in [1.807, 2.05) is 0 Å². The van der Waals surface area contributed by atoms with Gasteiger partial charge in [-0.15, -0.1) is 0 Å². The number of anilines is 1. The molecular formula is C16H20F2N2O3. The molecule has 0 saturated carbocycles. The highest BCUT2D eigenvalue weighted by molar-refractivity contribution is 5.93. The summed E-state index contributed by atoms with van der Waals surface area (Å²) in [6.07, 6.45) is -0.0353. The number of rotatable bonds is 2. The van der Waals surface area contributed by atoms with E-state index in [4.69, 9.17) is 4.74 Å². The third kappa shape index (κ3) is 4.64. The summed E-state index contributed by atoms with van der Waals surface area (Å²) in [6.45, 7) is 5.87. The Labute approximate surface area is 133 Å². The molecule has 1 aliphatic heterocycles. The van der Waals surface area contributed by atoms with Crippen LogP contribution in [-0.2, 0) is 9.53 Å². The second-order valence-corrected chi connectivity index (χ2v) is 6.53. The molecule has 1 heterocycles. The number of carbonyl (C=O) groups excluding carboxylic acids is 2. The number of nitrogens with one attached hydrogen (secondary N) is 1. The first-order valence-electron chi connectivity index (χ1n) is 7.39. The zero-order valence-corrected chi connectivity index (χ0v) is 13.4. The van der Waals surface area contributed by atoms with Gasteiger partial charge in [-0.05, 0) is 39.3 Å². The molecule has 23 heavy (non-hydrogen) atoms. The maximum absolute atomic E-state index is 13.5. The van der Waals surface area contributed by atoms with Crippen molar-refractivity contribution in [2.75, 3.05) is 18.4 Å². The molecule has 0 aliphatic carbocycles. The van der Waals surface area contributed by atoms with E-state index in [1.54, 1.807) is 20.8 Å². The molecule has 126 valence electrons. The van der Waals surface area contributed by atoms with Crippen LogP contribution < -0.4 is 5.32 Å². The lowest BCUT2D eigenvalue weighted by atomic mass is 10.1. The van der Waals surface area contributed by atoms with Crippen LogP contribution in [0.15, 0.2) is 18.2 Å². The highest BCUT2D eigenvalue weighted by Crippen LogP contribution is 2.22. The number of carbonyl (C=O) groups is 2. The Bertz CT molecular complexity index is 614. The average molecular weight is 326 g/mol. The van der Waals surface area contributed by atoms with Crippen LogP contribution in [0, 0.1) is 17.6 Å². The van der Waals surface area contributed by atoms with Gasteiger partial charge in [-0.2, -0.15) is 0 Å². The van der Waals surface area contributed by atoms with Gasteiger partial charge in [0.2, 0.25) is 5.91 Å². The summed E-state index contributed by atoms with van der Waals surface area (Å²) in [6, 6.07) is 2.85. The summed E-state index contributed by atoms with van der Waals surface area (Å²) >= 11 is 0. The number of halogens is 2. The van der Waals surface area contributed by atoms with Gasteiger partial charge in [0.1, 0.15) is 17.2 Å². The van der Waals surface area contributed by atoms with E-state index in [9.17, 15) is 18.4 Å². The minimum atomic E-state index is -0.707. The zero-order valence-electron chi connectivity index (χ0n) is 13.4. The maximum Gasteiger partial charge on any atom is 0.410 e. The second-order valence-electron chi connectivity index (χ2n) is 6.53. The molecule has 0 bridgehead atoms. The Morgan fingerprint density at radius 1 is 1.30 bits per heavy atom. The van der Waals surface area contributed by atoms with Gasteiger partial charge >= 0.3 is 6.09 Å². The quantitative estimate of drug-likeness (QED) is 0.908. The number of hydrogen-bond donors (Lipinski definition) is 1. The first-order chi connectivity index (χ1) is 10.7. The number of benzene rings is 1. The third-order valence-electron chi connectivity index (χ3n) is 3.40. The molecule has 0 spiro atoms. The van der Waals surface area contributed by atoms with E-state index in [-0.39, 0.29) is 12.2 Å². The van der Waals surface area contributed by atoms with Gasteiger partial charge < -0.3 is 15.0 Å². The Kier molecular flexibility index (Phi) is 4.87. The van der Waals surface area contributed by atoms with Crippen molar-refractivity contribution in [2.45, 2.75) is 32.8 Å². The van der Waals surface area contributed by atoms with Gasteiger partial charge in [-0.25, -0.2) is 13.6 Å². The van der Waals surface area contributed by atoms with Crippen LogP contribution in [0.1, 0.15) is 27.2 Å². The molecule has 1 fully saturated rings. The summed E-state index contributed by atoms with van der Waals surface area (Å²) in [4.78, 5) is 25.5. The molecule has 2 amide bonds. The monoisotopic (exact) mass is 326 g/mol. The summed E-state index contributed by atoms with van der Waals surface area (Å²) in [5.41, 5.74) is -0.812. The minimum absolute atomic E-state index is 0.192. The first-order valence-corrected chi connectivity index (χ1v) is 7.39. The third-order valence-corrected chi connectivity index (χ3v) is 3.40. The molecule has 1 saturated heterocycles. The normalized spacial score (nSPS) is 18.0. The lowest BCUT2D eigenvalue weighted by Gasteiger charge is -2.24. The molecule has 1 atom stereocenters. The van der Waals surface area contributed by atoms with Gasteiger partial charge in [0, 0.05) is 19.2 Å². The molecule has 0 aromatic heterocycles. The van der Waals surface area contributed by atoms with Gasteiger partial charge in [0.05, 0.1) is 11.6 Å². The van der Waals surface area contributed by atoms with E-state index in [0.717, 1.165) is 18.2 Å². The van der Waals surface area contributed by atoms with Crippen molar-refractivity contribution in [1.82, 2.24) is 4.90 Å². The van der Waals surface area contributed by atoms with E-state index in [0.29, 0.717) is 13.0 Å².